The third-order valence-electron chi connectivity index (χ3n) is 4.31. The molecule has 0 unspecified atom stereocenters. The predicted molar refractivity (Wildman–Crippen MR) is 90.5 cm³/mol. The number of likely N-dealkylation sites (tertiary alicyclic amines) is 1. The van der Waals surface area contributed by atoms with E-state index in [1.54, 1.807) is 30.3 Å². The molecule has 1 aliphatic heterocycles. The molecule has 0 N–H and O–H groups in total. The van der Waals surface area contributed by atoms with Gasteiger partial charge in [0.15, 0.2) is 0 Å². The van der Waals surface area contributed by atoms with Gasteiger partial charge in [-0.3, -0.25) is 14.6 Å². The maximum absolute atomic E-state index is 12.6. The first-order chi connectivity index (χ1) is 11.1. The Bertz CT molecular complexity index is 537. The van der Waals surface area contributed by atoms with Crippen molar-refractivity contribution in [3.05, 3.63) is 29.6 Å². The molecular formula is C18H27N3O2. The fourth-order valence-corrected chi connectivity index (χ4v) is 2.83. The number of rotatable bonds is 5. The van der Waals surface area contributed by atoms with Gasteiger partial charge in [0.1, 0.15) is 5.69 Å². The van der Waals surface area contributed by atoms with Gasteiger partial charge in [-0.05, 0) is 31.4 Å². The Morgan fingerprint density at radius 1 is 1.22 bits per heavy atom. The fourth-order valence-electron chi connectivity index (χ4n) is 2.83. The Morgan fingerprint density at radius 3 is 2.57 bits per heavy atom. The van der Waals surface area contributed by atoms with Crippen LogP contribution in [0.3, 0.4) is 0 Å². The predicted octanol–water partition coefficient (Wildman–Crippen LogP) is 2.97. The number of aromatic nitrogens is 1. The van der Waals surface area contributed by atoms with Crippen molar-refractivity contribution in [2.24, 2.45) is 0 Å². The summed E-state index contributed by atoms with van der Waals surface area (Å²) < 4.78 is 0. The van der Waals surface area contributed by atoms with Crippen molar-refractivity contribution in [1.82, 2.24) is 14.8 Å². The Labute approximate surface area is 138 Å². The molecule has 0 spiro atoms. The molecule has 2 amide bonds. The maximum Gasteiger partial charge on any atom is 0.272 e. The molecule has 1 saturated heterocycles. The summed E-state index contributed by atoms with van der Waals surface area (Å²) in [4.78, 5) is 32.8. The number of nitrogens with zero attached hydrogens (tertiary/aromatic N) is 3. The van der Waals surface area contributed by atoms with E-state index in [4.69, 9.17) is 0 Å². The molecule has 0 aromatic carbocycles. The van der Waals surface area contributed by atoms with Gasteiger partial charge in [0, 0.05) is 38.4 Å². The van der Waals surface area contributed by atoms with Gasteiger partial charge >= 0.3 is 0 Å². The topological polar surface area (TPSA) is 53.5 Å². The van der Waals surface area contributed by atoms with Crippen molar-refractivity contribution < 1.29 is 9.59 Å². The minimum Gasteiger partial charge on any atom is -0.342 e. The van der Waals surface area contributed by atoms with Crippen molar-refractivity contribution in [2.75, 3.05) is 26.7 Å². The van der Waals surface area contributed by atoms with Crippen LogP contribution in [-0.4, -0.2) is 53.3 Å². The number of carbonyl (C=O) groups excluding carboxylic acids is 2. The highest BCUT2D eigenvalue weighted by molar-refractivity contribution is 5.98. The molecule has 0 atom stereocenters. The largest absolute Gasteiger partial charge is 0.342 e. The second-order valence-electron chi connectivity index (χ2n) is 6.22. The van der Waals surface area contributed by atoms with Crippen LogP contribution in [0.2, 0.25) is 0 Å². The highest BCUT2D eigenvalue weighted by Crippen LogP contribution is 2.14. The number of amides is 2. The van der Waals surface area contributed by atoms with Gasteiger partial charge in [-0.15, -0.1) is 0 Å². The van der Waals surface area contributed by atoms with Gasteiger partial charge < -0.3 is 9.80 Å². The standard InChI is InChI=1S/C18H27N3O2/c1-3-4-11-20(2)17(22)15-9-10-19-16(14-15)18(23)21-12-7-5-6-8-13-21/h9-10,14H,3-8,11-13H2,1-2H3. The first kappa shape index (κ1) is 17.4. The van der Waals surface area contributed by atoms with E-state index in [1.807, 2.05) is 4.90 Å². The van der Waals surface area contributed by atoms with Gasteiger partial charge in [0.2, 0.25) is 0 Å². The third kappa shape index (κ3) is 4.78. The summed E-state index contributed by atoms with van der Waals surface area (Å²) in [5.41, 5.74) is 0.915. The van der Waals surface area contributed by atoms with Crippen LogP contribution in [0, 0.1) is 0 Å². The van der Waals surface area contributed by atoms with Gasteiger partial charge in [-0.25, -0.2) is 0 Å². The zero-order valence-electron chi connectivity index (χ0n) is 14.3. The van der Waals surface area contributed by atoms with Crippen molar-refractivity contribution in [3.63, 3.8) is 0 Å². The molecule has 0 radical (unpaired) electrons. The Hall–Kier alpha value is -1.91. The molecule has 1 fully saturated rings. The lowest BCUT2D eigenvalue weighted by Crippen LogP contribution is -2.33. The van der Waals surface area contributed by atoms with E-state index in [0.717, 1.165) is 45.3 Å². The monoisotopic (exact) mass is 317 g/mol. The Balaban J connectivity index is 2.09. The van der Waals surface area contributed by atoms with Gasteiger partial charge in [0.25, 0.3) is 11.8 Å². The van der Waals surface area contributed by atoms with Crippen LogP contribution >= 0.6 is 0 Å². The SMILES string of the molecule is CCCCN(C)C(=O)c1ccnc(C(=O)N2CCCCCC2)c1. The van der Waals surface area contributed by atoms with E-state index < -0.39 is 0 Å². The summed E-state index contributed by atoms with van der Waals surface area (Å²) in [5, 5.41) is 0. The summed E-state index contributed by atoms with van der Waals surface area (Å²) in [6, 6.07) is 3.32. The Morgan fingerprint density at radius 2 is 1.91 bits per heavy atom. The minimum atomic E-state index is -0.0576. The molecule has 1 aromatic heterocycles. The van der Waals surface area contributed by atoms with Crippen molar-refractivity contribution in [2.45, 2.75) is 45.4 Å². The van der Waals surface area contributed by atoms with Crippen LogP contribution in [0.5, 0.6) is 0 Å². The zero-order chi connectivity index (χ0) is 16.7. The molecule has 1 aliphatic rings. The van der Waals surface area contributed by atoms with Crippen LogP contribution in [-0.2, 0) is 0 Å². The number of carbonyl (C=O) groups is 2. The molecule has 5 nitrogen and oxygen atoms in total. The van der Waals surface area contributed by atoms with Crippen molar-refractivity contribution in [1.29, 1.82) is 0 Å². The Kier molecular flexibility index (Phi) is 6.56. The average Bonchev–Trinajstić information content (AvgIpc) is 2.87. The number of unbranched alkanes of at least 4 members (excludes halogenated alkanes) is 1. The molecule has 23 heavy (non-hydrogen) atoms. The average molecular weight is 317 g/mol. The van der Waals surface area contributed by atoms with Crippen LogP contribution < -0.4 is 0 Å². The van der Waals surface area contributed by atoms with E-state index in [9.17, 15) is 9.59 Å². The lowest BCUT2D eigenvalue weighted by Gasteiger charge is -2.20. The van der Waals surface area contributed by atoms with E-state index in [-0.39, 0.29) is 11.8 Å². The molecular weight excluding hydrogens is 290 g/mol. The van der Waals surface area contributed by atoms with Gasteiger partial charge in [-0.1, -0.05) is 26.2 Å². The van der Waals surface area contributed by atoms with Crippen LogP contribution in [0.4, 0.5) is 0 Å². The van der Waals surface area contributed by atoms with Crippen LogP contribution in [0.1, 0.15) is 66.3 Å². The van der Waals surface area contributed by atoms with E-state index in [1.165, 1.54) is 12.8 Å². The minimum absolute atomic E-state index is 0.0502. The third-order valence-corrected chi connectivity index (χ3v) is 4.31. The van der Waals surface area contributed by atoms with E-state index in [0.29, 0.717) is 11.3 Å². The lowest BCUT2D eigenvalue weighted by molar-refractivity contribution is 0.0755. The quantitative estimate of drug-likeness (QED) is 0.839. The second-order valence-corrected chi connectivity index (χ2v) is 6.22. The smallest absolute Gasteiger partial charge is 0.272 e. The van der Waals surface area contributed by atoms with Crippen molar-refractivity contribution in [3.8, 4) is 0 Å². The highest BCUT2D eigenvalue weighted by atomic mass is 16.2. The number of pyridine rings is 1. The summed E-state index contributed by atoms with van der Waals surface area (Å²) in [6.07, 6.45) is 8.04. The normalized spacial score (nSPS) is 15.1. The van der Waals surface area contributed by atoms with Crippen molar-refractivity contribution >= 4 is 11.8 Å². The molecule has 0 saturated carbocycles. The summed E-state index contributed by atoms with van der Waals surface area (Å²) >= 11 is 0. The van der Waals surface area contributed by atoms with E-state index >= 15 is 0 Å². The zero-order valence-corrected chi connectivity index (χ0v) is 14.3. The number of hydrogen-bond acceptors (Lipinski definition) is 3. The fraction of sp³-hybridized carbons (Fsp3) is 0.611. The van der Waals surface area contributed by atoms with Crippen LogP contribution in [0.25, 0.3) is 0 Å². The molecule has 1 aromatic rings. The molecule has 2 heterocycles. The van der Waals surface area contributed by atoms with Crippen LogP contribution in [0.15, 0.2) is 18.3 Å². The molecule has 2 rings (SSSR count). The lowest BCUT2D eigenvalue weighted by atomic mass is 10.2. The summed E-state index contributed by atoms with van der Waals surface area (Å²) in [5.74, 6) is -0.108. The summed E-state index contributed by atoms with van der Waals surface area (Å²) in [6.45, 7) is 4.40. The number of hydrogen-bond donors (Lipinski definition) is 0. The molecule has 126 valence electrons. The molecule has 5 heteroatoms. The van der Waals surface area contributed by atoms with E-state index in [2.05, 4.69) is 11.9 Å². The second kappa shape index (κ2) is 8.65. The maximum atomic E-state index is 12.6. The summed E-state index contributed by atoms with van der Waals surface area (Å²) in [7, 11) is 1.80. The molecule has 0 bridgehead atoms. The first-order valence-electron chi connectivity index (χ1n) is 8.64. The highest BCUT2D eigenvalue weighted by Gasteiger charge is 2.20. The molecule has 0 aliphatic carbocycles. The van der Waals surface area contributed by atoms with Gasteiger partial charge in [0.05, 0.1) is 0 Å². The first-order valence-corrected chi connectivity index (χ1v) is 8.64. The van der Waals surface area contributed by atoms with Gasteiger partial charge in [-0.2, -0.15) is 0 Å².